The molecule has 1 aliphatic rings. The molecule has 0 radical (unpaired) electrons. The van der Waals surface area contributed by atoms with Gasteiger partial charge in [0.25, 0.3) is 5.91 Å². The highest BCUT2D eigenvalue weighted by Crippen LogP contribution is 2.19. The van der Waals surface area contributed by atoms with Crippen LogP contribution in [0.4, 0.5) is 0 Å². The molecule has 0 aliphatic carbocycles. The molecular formula is C18H25N5O2. The van der Waals surface area contributed by atoms with Crippen LogP contribution in [0.2, 0.25) is 0 Å². The fraction of sp³-hybridized carbons (Fsp3) is 0.500. The van der Waals surface area contributed by atoms with Crippen molar-refractivity contribution in [1.82, 2.24) is 25.2 Å². The molecule has 0 spiro atoms. The topological polar surface area (TPSA) is 72.3 Å². The maximum absolute atomic E-state index is 12.8. The van der Waals surface area contributed by atoms with E-state index in [0.29, 0.717) is 12.2 Å². The number of aromatic nitrogens is 3. The van der Waals surface area contributed by atoms with Crippen LogP contribution in [0.1, 0.15) is 37.0 Å². The smallest absolute Gasteiger partial charge is 0.276 e. The Balaban J connectivity index is 1.82. The van der Waals surface area contributed by atoms with Crippen molar-refractivity contribution in [3.05, 3.63) is 35.7 Å². The molecule has 2 aromatic rings. The summed E-state index contributed by atoms with van der Waals surface area (Å²) in [5.41, 5.74) is 2.01. The van der Waals surface area contributed by atoms with Crippen LogP contribution >= 0.6 is 0 Å². The molecule has 7 heteroatoms. The van der Waals surface area contributed by atoms with Crippen LogP contribution in [-0.2, 0) is 0 Å². The number of nitrogens with zero attached hydrogens (tertiary/aromatic N) is 4. The average Bonchev–Trinajstić information content (AvgIpc) is 2.96. The first-order chi connectivity index (χ1) is 12.0. The molecule has 7 nitrogen and oxygen atoms in total. The van der Waals surface area contributed by atoms with Gasteiger partial charge >= 0.3 is 0 Å². The van der Waals surface area contributed by atoms with Gasteiger partial charge in [0.2, 0.25) is 0 Å². The van der Waals surface area contributed by atoms with E-state index in [0.717, 1.165) is 30.2 Å². The van der Waals surface area contributed by atoms with Gasteiger partial charge in [-0.1, -0.05) is 5.21 Å². The van der Waals surface area contributed by atoms with Crippen molar-refractivity contribution in [2.45, 2.75) is 39.8 Å². The Labute approximate surface area is 148 Å². The number of rotatable bonds is 4. The van der Waals surface area contributed by atoms with Gasteiger partial charge in [-0.3, -0.25) is 4.79 Å². The SMILES string of the molecule is Cc1c(C(=O)N2CCNC[C@H]2C)nnn1-c1ccc(OC(C)C)cc1. The predicted molar refractivity (Wildman–Crippen MR) is 95.2 cm³/mol. The summed E-state index contributed by atoms with van der Waals surface area (Å²) in [6.45, 7) is 10.2. The van der Waals surface area contributed by atoms with Gasteiger partial charge in [-0.05, 0) is 52.0 Å². The fourth-order valence-corrected chi connectivity index (χ4v) is 2.99. The third-order valence-corrected chi connectivity index (χ3v) is 4.31. The molecule has 1 saturated heterocycles. The lowest BCUT2D eigenvalue weighted by molar-refractivity contribution is 0.0649. The Hall–Kier alpha value is -2.41. The number of carbonyl (C=O) groups is 1. The van der Waals surface area contributed by atoms with E-state index < -0.39 is 0 Å². The quantitative estimate of drug-likeness (QED) is 0.916. The molecule has 0 saturated carbocycles. The van der Waals surface area contributed by atoms with Crippen LogP contribution in [0.3, 0.4) is 0 Å². The molecule has 1 fully saturated rings. The molecule has 25 heavy (non-hydrogen) atoms. The van der Waals surface area contributed by atoms with E-state index in [1.54, 1.807) is 4.68 Å². The van der Waals surface area contributed by atoms with Gasteiger partial charge in [-0.2, -0.15) is 0 Å². The minimum absolute atomic E-state index is 0.0579. The maximum Gasteiger partial charge on any atom is 0.276 e. The first-order valence-electron chi connectivity index (χ1n) is 8.68. The van der Waals surface area contributed by atoms with E-state index in [2.05, 4.69) is 15.6 Å². The lowest BCUT2D eigenvalue weighted by Crippen LogP contribution is -2.52. The van der Waals surface area contributed by atoms with Crippen LogP contribution in [0, 0.1) is 6.92 Å². The van der Waals surface area contributed by atoms with E-state index in [4.69, 9.17) is 4.74 Å². The van der Waals surface area contributed by atoms with Gasteiger partial charge in [-0.15, -0.1) is 5.10 Å². The molecular weight excluding hydrogens is 318 g/mol. The molecule has 1 aromatic heterocycles. The van der Waals surface area contributed by atoms with Crippen LogP contribution in [-0.4, -0.2) is 57.6 Å². The van der Waals surface area contributed by atoms with E-state index >= 15 is 0 Å². The second kappa shape index (κ2) is 7.23. The Kier molecular flexibility index (Phi) is 5.03. The third kappa shape index (κ3) is 3.66. The molecule has 1 aromatic carbocycles. The van der Waals surface area contributed by atoms with E-state index in [9.17, 15) is 4.79 Å². The minimum Gasteiger partial charge on any atom is -0.491 e. The summed E-state index contributed by atoms with van der Waals surface area (Å²) in [5, 5.41) is 11.6. The Morgan fingerprint density at radius 3 is 2.68 bits per heavy atom. The van der Waals surface area contributed by atoms with Crippen molar-refractivity contribution in [3.8, 4) is 11.4 Å². The first-order valence-corrected chi connectivity index (χ1v) is 8.68. The summed E-state index contributed by atoms with van der Waals surface area (Å²) in [6.07, 6.45) is 0.129. The van der Waals surface area contributed by atoms with Crippen molar-refractivity contribution >= 4 is 5.91 Å². The highest BCUT2D eigenvalue weighted by molar-refractivity contribution is 5.93. The summed E-state index contributed by atoms with van der Waals surface area (Å²) in [6, 6.07) is 7.78. The number of amides is 1. The maximum atomic E-state index is 12.8. The lowest BCUT2D eigenvalue weighted by Gasteiger charge is -2.33. The highest BCUT2D eigenvalue weighted by atomic mass is 16.5. The molecule has 134 valence electrons. The second-order valence-electron chi connectivity index (χ2n) is 6.65. The normalized spacial score (nSPS) is 17.8. The zero-order chi connectivity index (χ0) is 18.0. The largest absolute Gasteiger partial charge is 0.491 e. The number of benzene rings is 1. The van der Waals surface area contributed by atoms with E-state index in [1.165, 1.54) is 0 Å². The summed E-state index contributed by atoms with van der Waals surface area (Å²) in [4.78, 5) is 14.7. The van der Waals surface area contributed by atoms with Crippen LogP contribution in [0.15, 0.2) is 24.3 Å². The average molecular weight is 343 g/mol. The molecule has 0 unspecified atom stereocenters. The first kappa shape index (κ1) is 17.4. The Bertz CT molecular complexity index is 738. The second-order valence-corrected chi connectivity index (χ2v) is 6.65. The minimum atomic E-state index is -0.0579. The number of carbonyl (C=O) groups excluding carboxylic acids is 1. The Morgan fingerprint density at radius 1 is 1.32 bits per heavy atom. The van der Waals surface area contributed by atoms with Crippen molar-refractivity contribution in [2.75, 3.05) is 19.6 Å². The monoisotopic (exact) mass is 343 g/mol. The summed E-state index contributed by atoms with van der Waals surface area (Å²) < 4.78 is 7.35. The molecule has 1 amide bonds. The molecule has 1 aliphatic heterocycles. The number of hydrogen-bond acceptors (Lipinski definition) is 5. The summed E-state index contributed by atoms with van der Waals surface area (Å²) >= 11 is 0. The van der Waals surface area contributed by atoms with Gasteiger partial charge in [-0.25, -0.2) is 4.68 Å². The molecule has 0 bridgehead atoms. The third-order valence-electron chi connectivity index (χ3n) is 4.31. The van der Waals surface area contributed by atoms with Gasteiger partial charge in [0, 0.05) is 25.7 Å². The van der Waals surface area contributed by atoms with Gasteiger partial charge in [0.05, 0.1) is 17.5 Å². The zero-order valence-electron chi connectivity index (χ0n) is 15.2. The van der Waals surface area contributed by atoms with Crippen molar-refractivity contribution in [2.24, 2.45) is 0 Å². The van der Waals surface area contributed by atoms with Crippen LogP contribution in [0.5, 0.6) is 5.75 Å². The van der Waals surface area contributed by atoms with Crippen molar-refractivity contribution < 1.29 is 9.53 Å². The summed E-state index contributed by atoms with van der Waals surface area (Å²) in [5.74, 6) is 0.750. The number of nitrogens with one attached hydrogen (secondary N) is 1. The van der Waals surface area contributed by atoms with Gasteiger partial charge in [0.1, 0.15) is 5.75 Å². The van der Waals surface area contributed by atoms with Crippen LogP contribution in [0.25, 0.3) is 5.69 Å². The van der Waals surface area contributed by atoms with Gasteiger partial charge in [0.15, 0.2) is 5.69 Å². The van der Waals surface area contributed by atoms with Gasteiger partial charge < -0.3 is 15.0 Å². The molecule has 3 rings (SSSR count). The molecule has 1 N–H and O–H groups in total. The number of hydrogen-bond donors (Lipinski definition) is 1. The lowest BCUT2D eigenvalue weighted by atomic mass is 10.2. The Morgan fingerprint density at radius 2 is 2.04 bits per heavy atom. The standard InChI is InChI=1S/C18H25N5O2/c1-12(2)25-16-7-5-15(6-8-16)23-14(4)17(20-21-23)18(24)22-10-9-19-11-13(22)3/h5-8,12-13,19H,9-11H2,1-4H3/t13-/m1/s1. The summed E-state index contributed by atoms with van der Waals surface area (Å²) in [7, 11) is 0. The molecule has 1 atom stereocenters. The number of piperazine rings is 1. The van der Waals surface area contributed by atoms with E-state index in [1.807, 2.05) is 56.9 Å². The number of ether oxygens (including phenoxy) is 1. The van der Waals surface area contributed by atoms with Crippen LogP contribution < -0.4 is 10.1 Å². The molecule has 2 heterocycles. The fourth-order valence-electron chi connectivity index (χ4n) is 2.99. The van der Waals surface area contributed by atoms with E-state index in [-0.39, 0.29) is 18.1 Å². The zero-order valence-corrected chi connectivity index (χ0v) is 15.2. The predicted octanol–water partition coefficient (Wildman–Crippen LogP) is 1.80. The van der Waals surface area contributed by atoms with Crippen molar-refractivity contribution in [1.29, 1.82) is 0 Å². The highest BCUT2D eigenvalue weighted by Gasteiger charge is 2.28. The van der Waals surface area contributed by atoms with Crippen molar-refractivity contribution in [3.63, 3.8) is 0 Å².